The summed E-state index contributed by atoms with van der Waals surface area (Å²) < 4.78 is 18.8. The Morgan fingerprint density at radius 2 is 1.87 bits per heavy atom. The molecule has 1 N–H and O–H groups in total. The fraction of sp³-hybridized carbons (Fsp3) is 0.478. The molecule has 1 saturated carbocycles. The first kappa shape index (κ1) is 20.6. The highest BCUT2D eigenvalue weighted by atomic mass is 19.1. The van der Waals surface area contributed by atoms with Gasteiger partial charge in [0, 0.05) is 31.7 Å². The van der Waals surface area contributed by atoms with E-state index in [0.717, 1.165) is 31.4 Å². The van der Waals surface area contributed by atoms with Gasteiger partial charge in [-0.3, -0.25) is 14.5 Å². The van der Waals surface area contributed by atoms with Gasteiger partial charge in [0.1, 0.15) is 11.6 Å². The van der Waals surface area contributed by atoms with Crippen molar-refractivity contribution in [2.75, 3.05) is 26.2 Å². The van der Waals surface area contributed by atoms with Crippen molar-refractivity contribution in [2.24, 2.45) is 5.92 Å². The molecule has 1 aromatic heterocycles. The van der Waals surface area contributed by atoms with E-state index >= 15 is 0 Å². The quantitative estimate of drug-likeness (QED) is 0.791. The highest BCUT2D eigenvalue weighted by molar-refractivity contribution is 5.94. The third kappa shape index (κ3) is 4.73. The average molecular weight is 413 g/mol. The maximum absolute atomic E-state index is 13.5. The van der Waals surface area contributed by atoms with Crippen molar-refractivity contribution >= 4 is 11.8 Å². The van der Waals surface area contributed by atoms with Crippen LogP contribution in [0.3, 0.4) is 0 Å². The zero-order valence-corrected chi connectivity index (χ0v) is 17.1. The van der Waals surface area contributed by atoms with Crippen LogP contribution < -0.4 is 5.32 Å². The predicted octanol–water partition coefficient (Wildman–Crippen LogP) is 3.05. The van der Waals surface area contributed by atoms with Crippen LogP contribution in [0.2, 0.25) is 0 Å². The van der Waals surface area contributed by atoms with E-state index in [1.807, 2.05) is 12.1 Å². The summed E-state index contributed by atoms with van der Waals surface area (Å²) >= 11 is 0. The first-order chi connectivity index (χ1) is 14.6. The summed E-state index contributed by atoms with van der Waals surface area (Å²) in [7, 11) is 0. The Hall–Kier alpha value is -2.67. The Labute approximate surface area is 176 Å². The molecule has 0 radical (unpaired) electrons. The molecule has 0 spiro atoms. The van der Waals surface area contributed by atoms with Gasteiger partial charge in [-0.15, -0.1) is 0 Å². The van der Waals surface area contributed by atoms with Gasteiger partial charge >= 0.3 is 0 Å². The van der Waals surface area contributed by atoms with Gasteiger partial charge in [0.2, 0.25) is 5.91 Å². The minimum absolute atomic E-state index is 0.0307. The summed E-state index contributed by atoms with van der Waals surface area (Å²) in [5.41, 5.74) is 0.368. The molecule has 1 aliphatic carbocycles. The molecular weight excluding hydrogens is 385 g/mol. The molecule has 160 valence electrons. The van der Waals surface area contributed by atoms with Crippen molar-refractivity contribution in [1.82, 2.24) is 15.1 Å². The number of benzene rings is 1. The highest BCUT2D eigenvalue weighted by Gasteiger charge is 2.37. The number of carbonyl (C=O) groups excluding carboxylic acids is 2. The number of hydrogen-bond donors (Lipinski definition) is 1. The fourth-order valence-electron chi connectivity index (χ4n) is 4.65. The van der Waals surface area contributed by atoms with Gasteiger partial charge in [-0.2, -0.15) is 0 Å². The van der Waals surface area contributed by atoms with Crippen LogP contribution in [0.1, 0.15) is 41.8 Å². The Balaban J connectivity index is 1.38. The zero-order valence-electron chi connectivity index (χ0n) is 17.1. The predicted molar refractivity (Wildman–Crippen MR) is 110 cm³/mol. The van der Waals surface area contributed by atoms with E-state index < -0.39 is 5.82 Å². The van der Waals surface area contributed by atoms with Crippen molar-refractivity contribution in [3.05, 3.63) is 59.8 Å². The van der Waals surface area contributed by atoms with Crippen LogP contribution in [0.25, 0.3) is 0 Å². The Kier molecular flexibility index (Phi) is 6.47. The monoisotopic (exact) mass is 413 g/mol. The van der Waals surface area contributed by atoms with Gasteiger partial charge in [-0.25, -0.2) is 4.39 Å². The number of piperazine rings is 1. The molecular formula is C23H28FN3O3. The van der Waals surface area contributed by atoms with Crippen LogP contribution in [0.5, 0.6) is 0 Å². The van der Waals surface area contributed by atoms with E-state index in [-0.39, 0.29) is 17.9 Å². The number of amides is 2. The number of halogens is 1. The number of nitrogens with zero attached hydrogens (tertiary/aromatic N) is 2. The fourth-order valence-corrected chi connectivity index (χ4v) is 4.65. The van der Waals surface area contributed by atoms with Crippen LogP contribution in [-0.2, 0) is 11.3 Å². The molecule has 2 heterocycles. The maximum atomic E-state index is 13.5. The number of rotatable bonds is 6. The normalized spacial score (nSPS) is 19.0. The molecule has 2 aromatic rings. The van der Waals surface area contributed by atoms with E-state index in [9.17, 15) is 14.0 Å². The van der Waals surface area contributed by atoms with Gasteiger partial charge in [0.25, 0.3) is 5.91 Å². The summed E-state index contributed by atoms with van der Waals surface area (Å²) in [5.74, 6) is 0.539. The second-order valence-corrected chi connectivity index (χ2v) is 8.13. The zero-order chi connectivity index (χ0) is 20.9. The van der Waals surface area contributed by atoms with Gasteiger partial charge in [0.15, 0.2) is 0 Å². The molecule has 2 aliphatic rings. The van der Waals surface area contributed by atoms with E-state index in [4.69, 9.17) is 4.42 Å². The molecule has 1 atom stereocenters. The summed E-state index contributed by atoms with van der Waals surface area (Å²) in [6.07, 6.45) is 6.03. The third-order valence-corrected chi connectivity index (χ3v) is 6.20. The molecule has 1 saturated heterocycles. The summed E-state index contributed by atoms with van der Waals surface area (Å²) in [6.45, 7) is 2.72. The van der Waals surface area contributed by atoms with Crippen molar-refractivity contribution in [1.29, 1.82) is 0 Å². The number of nitrogens with one attached hydrogen (secondary N) is 1. The molecule has 2 fully saturated rings. The summed E-state index contributed by atoms with van der Waals surface area (Å²) in [4.78, 5) is 29.7. The van der Waals surface area contributed by atoms with E-state index in [1.165, 1.54) is 12.1 Å². The Morgan fingerprint density at radius 3 is 2.53 bits per heavy atom. The topological polar surface area (TPSA) is 65.8 Å². The minimum Gasteiger partial charge on any atom is -0.467 e. The lowest BCUT2D eigenvalue weighted by molar-refractivity contribution is -0.129. The minimum atomic E-state index is -0.408. The molecule has 30 heavy (non-hydrogen) atoms. The first-order valence-corrected chi connectivity index (χ1v) is 10.7. The molecule has 1 unspecified atom stereocenters. The van der Waals surface area contributed by atoms with Gasteiger partial charge in [0.05, 0.1) is 18.8 Å². The molecule has 4 rings (SSSR count). The van der Waals surface area contributed by atoms with Crippen molar-refractivity contribution < 1.29 is 18.4 Å². The SMILES string of the molecule is O=C(NCc1ccco1)C(C1CCCC1)N1CCN(C(=O)c2cccc(F)c2)CC1. The van der Waals surface area contributed by atoms with E-state index in [2.05, 4.69) is 10.2 Å². The van der Waals surface area contributed by atoms with Gasteiger partial charge in [-0.1, -0.05) is 18.9 Å². The number of furan rings is 1. The smallest absolute Gasteiger partial charge is 0.254 e. The number of hydrogen-bond acceptors (Lipinski definition) is 4. The maximum Gasteiger partial charge on any atom is 0.254 e. The summed E-state index contributed by atoms with van der Waals surface area (Å²) in [5, 5.41) is 3.03. The van der Waals surface area contributed by atoms with Crippen LogP contribution in [0.4, 0.5) is 4.39 Å². The molecule has 1 aliphatic heterocycles. The first-order valence-electron chi connectivity index (χ1n) is 10.7. The second-order valence-electron chi connectivity index (χ2n) is 8.13. The third-order valence-electron chi connectivity index (χ3n) is 6.20. The second kappa shape index (κ2) is 9.43. The lowest BCUT2D eigenvalue weighted by Crippen LogP contribution is -2.57. The molecule has 6 nitrogen and oxygen atoms in total. The van der Waals surface area contributed by atoms with Crippen molar-refractivity contribution in [3.8, 4) is 0 Å². The molecule has 0 bridgehead atoms. The lowest BCUT2D eigenvalue weighted by atomic mass is 9.95. The standard InChI is InChI=1S/C23H28FN3O3/c24-19-8-3-7-18(15-19)23(29)27-12-10-26(11-13-27)21(17-5-1-2-6-17)22(28)25-16-20-9-4-14-30-20/h3-4,7-9,14-15,17,21H,1-2,5-6,10-13,16H2,(H,25,28). The van der Waals surface area contributed by atoms with Crippen molar-refractivity contribution in [3.63, 3.8) is 0 Å². The average Bonchev–Trinajstić information content (AvgIpc) is 3.47. The van der Waals surface area contributed by atoms with Crippen LogP contribution in [0, 0.1) is 11.7 Å². The van der Waals surface area contributed by atoms with Crippen LogP contribution in [0.15, 0.2) is 47.1 Å². The van der Waals surface area contributed by atoms with Crippen LogP contribution >= 0.6 is 0 Å². The van der Waals surface area contributed by atoms with Gasteiger partial charge < -0.3 is 14.6 Å². The molecule has 1 aromatic carbocycles. The lowest BCUT2D eigenvalue weighted by Gasteiger charge is -2.40. The van der Waals surface area contributed by atoms with E-state index in [0.29, 0.717) is 44.2 Å². The number of carbonyl (C=O) groups is 2. The molecule has 2 amide bonds. The highest BCUT2D eigenvalue weighted by Crippen LogP contribution is 2.31. The largest absolute Gasteiger partial charge is 0.467 e. The van der Waals surface area contributed by atoms with Crippen molar-refractivity contribution in [2.45, 2.75) is 38.3 Å². The summed E-state index contributed by atoms with van der Waals surface area (Å²) in [6, 6.07) is 9.28. The Bertz CT molecular complexity index is 856. The van der Waals surface area contributed by atoms with E-state index in [1.54, 1.807) is 23.3 Å². The van der Waals surface area contributed by atoms with Crippen LogP contribution in [-0.4, -0.2) is 53.8 Å². The molecule has 7 heteroatoms. The van der Waals surface area contributed by atoms with Gasteiger partial charge in [-0.05, 0) is 49.1 Å². The Morgan fingerprint density at radius 1 is 1.10 bits per heavy atom.